The van der Waals surface area contributed by atoms with E-state index in [0.717, 1.165) is 18.4 Å². The van der Waals surface area contributed by atoms with Crippen molar-refractivity contribution in [1.29, 1.82) is 5.26 Å². The van der Waals surface area contributed by atoms with Crippen molar-refractivity contribution in [2.75, 3.05) is 26.0 Å². The Hall–Kier alpha value is -4.85. The summed E-state index contributed by atoms with van der Waals surface area (Å²) in [5, 5.41) is 22.5. The van der Waals surface area contributed by atoms with Crippen LogP contribution in [-0.2, 0) is 16.1 Å². The highest BCUT2D eigenvalue weighted by atomic mass is 16.5. The van der Waals surface area contributed by atoms with Gasteiger partial charge >= 0.3 is 18.1 Å². The minimum Gasteiger partial charge on any atom is -0.477 e. The van der Waals surface area contributed by atoms with E-state index in [-0.39, 0.29) is 17.6 Å². The number of benzene rings is 2. The number of ether oxygens (including phenoxy) is 1. The molecule has 3 aromatic rings. The number of carbonyl (C=O) groups excluding carboxylic acids is 2. The highest BCUT2D eigenvalue weighted by molar-refractivity contribution is 5.96. The van der Waals surface area contributed by atoms with Gasteiger partial charge in [-0.05, 0) is 24.1 Å². The van der Waals surface area contributed by atoms with Gasteiger partial charge in [-0.1, -0.05) is 55.8 Å². The zero-order valence-corrected chi connectivity index (χ0v) is 21.0. The summed E-state index contributed by atoms with van der Waals surface area (Å²) in [5.41, 5.74) is 2.04. The van der Waals surface area contributed by atoms with Crippen molar-refractivity contribution in [3.8, 4) is 6.07 Å². The number of nitrogens with zero attached hydrogens (tertiary/aromatic N) is 4. The zero-order valence-electron chi connectivity index (χ0n) is 21.0. The summed E-state index contributed by atoms with van der Waals surface area (Å²) in [6.45, 7) is 3.18. The molecule has 194 valence electrons. The average molecular weight is 507 g/mol. The van der Waals surface area contributed by atoms with Crippen LogP contribution in [0.25, 0.3) is 11.0 Å². The molecule has 0 unspecified atom stereocenters. The lowest BCUT2D eigenvalue weighted by Gasteiger charge is -2.13. The maximum atomic E-state index is 12.3. The Morgan fingerprint density at radius 3 is 2.46 bits per heavy atom. The second-order valence-electron chi connectivity index (χ2n) is 7.82. The predicted molar refractivity (Wildman–Crippen MR) is 139 cm³/mol. The molecule has 0 aliphatic carbocycles. The number of fused-ring (bicyclic) bond motifs is 1. The number of nitriles is 1. The van der Waals surface area contributed by atoms with Crippen LogP contribution in [0.4, 0.5) is 15.5 Å². The van der Waals surface area contributed by atoms with E-state index in [0.29, 0.717) is 24.1 Å². The predicted octanol–water partition coefficient (Wildman–Crippen LogP) is 4.18. The van der Waals surface area contributed by atoms with Gasteiger partial charge in [0, 0.05) is 26.3 Å². The Bertz CT molecular complexity index is 1280. The molecule has 3 rings (SSSR count). The third-order valence-electron chi connectivity index (χ3n) is 4.94. The maximum absolute atomic E-state index is 12.3. The Kier molecular flexibility index (Phi) is 11.1. The molecule has 2 aromatic carbocycles. The SMILES string of the molecule is CCCCNC(=O)n1c(NC(=O)OC)nc2ccccc21.CN(/C=C(\C#N)C(=O)O)Cc1ccccc1. The quantitative estimate of drug-likeness (QED) is 0.234. The minimum atomic E-state index is -1.21. The van der Waals surface area contributed by atoms with E-state index in [9.17, 15) is 14.4 Å². The molecule has 0 radical (unpaired) electrons. The van der Waals surface area contributed by atoms with Gasteiger partial charge in [-0.3, -0.25) is 5.32 Å². The molecular formula is C26H30N6O5. The van der Waals surface area contributed by atoms with Crippen LogP contribution in [0.2, 0.25) is 0 Å². The first-order valence-corrected chi connectivity index (χ1v) is 11.5. The zero-order chi connectivity index (χ0) is 27.2. The number of hydrogen-bond donors (Lipinski definition) is 3. The van der Waals surface area contributed by atoms with Gasteiger partial charge in [-0.25, -0.2) is 23.9 Å². The van der Waals surface area contributed by atoms with Crippen molar-refractivity contribution < 1.29 is 24.2 Å². The van der Waals surface area contributed by atoms with Crippen molar-refractivity contribution in [2.24, 2.45) is 0 Å². The lowest BCUT2D eigenvalue weighted by atomic mass is 10.2. The van der Waals surface area contributed by atoms with Gasteiger partial charge < -0.3 is 20.1 Å². The van der Waals surface area contributed by atoms with E-state index >= 15 is 0 Å². The molecule has 11 heteroatoms. The molecular weight excluding hydrogens is 476 g/mol. The number of rotatable bonds is 8. The lowest BCUT2D eigenvalue weighted by molar-refractivity contribution is -0.132. The topological polar surface area (TPSA) is 150 Å². The van der Waals surface area contributed by atoms with Gasteiger partial charge in [0.05, 0.1) is 18.1 Å². The summed E-state index contributed by atoms with van der Waals surface area (Å²) in [4.78, 5) is 40.2. The van der Waals surface area contributed by atoms with Gasteiger partial charge in [0.25, 0.3) is 0 Å². The molecule has 0 fully saturated rings. The number of amides is 2. The molecule has 1 heterocycles. The monoisotopic (exact) mass is 506 g/mol. The molecule has 0 saturated carbocycles. The summed E-state index contributed by atoms with van der Waals surface area (Å²) in [5.74, 6) is -1.07. The van der Waals surface area contributed by atoms with Crippen LogP contribution in [0, 0.1) is 11.3 Å². The van der Waals surface area contributed by atoms with Crippen molar-refractivity contribution in [1.82, 2.24) is 19.8 Å². The number of aliphatic carboxylic acids is 1. The number of imidazole rings is 1. The average Bonchev–Trinajstić information content (AvgIpc) is 3.25. The summed E-state index contributed by atoms with van der Waals surface area (Å²) in [6, 6.07) is 18.1. The number of nitrogens with one attached hydrogen (secondary N) is 2. The fourth-order valence-corrected chi connectivity index (χ4v) is 3.18. The van der Waals surface area contributed by atoms with Gasteiger partial charge in [0.2, 0.25) is 5.95 Å². The first-order chi connectivity index (χ1) is 17.8. The maximum Gasteiger partial charge on any atom is 0.413 e. The van der Waals surface area contributed by atoms with Gasteiger partial charge in [-0.2, -0.15) is 5.26 Å². The van der Waals surface area contributed by atoms with E-state index in [2.05, 4.69) is 20.4 Å². The molecule has 0 aliphatic heterocycles. The lowest BCUT2D eigenvalue weighted by Crippen LogP contribution is -2.31. The highest BCUT2D eigenvalue weighted by Crippen LogP contribution is 2.19. The van der Waals surface area contributed by atoms with Crippen molar-refractivity contribution in [3.05, 3.63) is 71.9 Å². The van der Waals surface area contributed by atoms with Crippen molar-refractivity contribution >= 4 is 35.1 Å². The summed E-state index contributed by atoms with van der Waals surface area (Å²) >= 11 is 0. The van der Waals surface area contributed by atoms with Crippen molar-refractivity contribution in [3.63, 3.8) is 0 Å². The molecule has 3 N–H and O–H groups in total. The second kappa shape index (κ2) is 14.5. The van der Waals surface area contributed by atoms with Gasteiger partial charge in [0.15, 0.2) is 5.57 Å². The van der Waals surface area contributed by atoms with Crippen molar-refractivity contribution in [2.45, 2.75) is 26.3 Å². The molecule has 0 aliphatic rings. The number of unbranched alkanes of at least 4 members (excludes halogenated alkanes) is 1. The minimum absolute atomic E-state index is 0.136. The molecule has 1 aromatic heterocycles. The Morgan fingerprint density at radius 1 is 1.16 bits per heavy atom. The Labute approximate surface area is 215 Å². The third kappa shape index (κ3) is 8.70. The number of carbonyl (C=O) groups is 3. The fraction of sp³-hybridized carbons (Fsp3) is 0.269. The number of carboxylic acids is 1. The van der Waals surface area contributed by atoms with Gasteiger partial charge in [-0.15, -0.1) is 0 Å². The summed E-state index contributed by atoms with van der Waals surface area (Å²) < 4.78 is 5.88. The fourth-order valence-electron chi connectivity index (χ4n) is 3.18. The first kappa shape index (κ1) is 28.4. The molecule has 2 amide bonds. The third-order valence-corrected chi connectivity index (χ3v) is 4.94. The number of anilines is 1. The molecule has 0 saturated heterocycles. The van der Waals surface area contributed by atoms with Gasteiger partial charge in [0.1, 0.15) is 6.07 Å². The number of carboxylic acid groups (broad SMARTS) is 1. The number of para-hydroxylation sites is 2. The van der Waals surface area contributed by atoms with E-state index in [1.165, 1.54) is 17.9 Å². The highest BCUT2D eigenvalue weighted by Gasteiger charge is 2.18. The second-order valence-corrected chi connectivity index (χ2v) is 7.82. The van der Waals surface area contributed by atoms with Crippen LogP contribution in [0.15, 0.2) is 66.4 Å². The number of methoxy groups -OCH3 is 1. The summed E-state index contributed by atoms with van der Waals surface area (Å²) in [7, 11) is 2.98. The molecule has 0 spiro atoms. The largest absolute Gasteiger partial charge is 0.477 e. The first-order valence-electron chi connectivity index (χ1n) is 11.5. The van der Waals surface area contributed by atoms with E-state index in [1.54, 1.807) is 30.1 Å². The van der Waals surface area contributed by atoms with Crippen LogP contribution < -0.4 is 10.6 Å². The summed E-state index contributed by atoms with van der Waals surface area (Å²) in [6.07, 6.45) is 2.53. The Balaban J connectivity index is 0.000000271. The smallest absolute Gasteiger partial charge is 0.413 e. The van der Waals surface area contributed by atoms with Crippen LogP contribution in [-0.4, -0.2) is 58.4 Å². The van der Waals surface area contributed by atoms with Crippen LogP contribution in [0.1, 0.15) is 25.3 Å². The number of aromatic nitrogens is 2. The molecule has 11 nitrogen and oxygen atoms in total. The standard InChI is InChI=1S/C14H18N4O3.C12H12N2O2/c1-3-4-9-15-13(19)18-11-8-6-5-7-10(11)16-12(18)17-14(20)21-2;1-14(9-11(7-13)12(15)16)8-10-5-3-2-4-6-10/h5-8H,3-4,9H2,1-2H3,(H,15,19)(H,16,17,20);2-6,9H,8H2,1H3,(H,15,16)/b;11-9+. The molecule has 0 atom stereocenters. The normalized spacial score (nSPS) is 10.5. The number of hydrogen-bond acceptors (Lipinski definition) is 7. The molecule has 37 heavy (non-hydrogen) atoms. The van der Waals surface area contributed by atoms with Crippen LogP contribution >= 0.6 is 0 Å². The van der Waals surface area contributed by atoms with Crippen LogP contribution in [0.3, 0.4) is 0 Å². The molecule has 0 bridgehead atoms. The van der Waals surface area contributed by atoms with E-state index in [4.69, 9.17) is 10.4 Å². The van der Waals surface area contributed by atoms with Crippen LogP contribution in [0.5, 0.6) is 0 Å². The van der Waals surface area contributed by atoms with E-state index in [1.807, 2.05) is 49.4 Å². The van der Waals surface area contributed by atoms with E-state index < -0.39 is 12.1 Å². The Morgan fingerprint density at radius 2 is 1.84 bits per heavy atom.